The minimum Gasteiger partial charge on any atom is -0.480 e. The van der Waals surface area contributed by atoms with Crippen molar-refractivity contribution >= 4 is 17.7 Å². The fourth-order valence-electron chi connectivity index (χ4n) is 1.88. The topological polar surface area (TPSA) is 106 Å². The number of ether oxygens (including phenoxy) is 1. The van der Waals surface area contributed by atoms with E-state index in [9.17, 15) is 9.59 Å². The number of aromatic nitrogens is 1. The predicted octanol–water partition coefficient (Wildman–Crippen LogP) is -0.530. The Hall–Kier alpha value is -2.15. The maximum Gasteiger partial charge on any atom is 0.328 e. The Kier molecular flexibility index (Phi) is 3.42. The summed E-state index contributed by atoms with van der Waals surface area (Å²) in [6, 6.07) is 2.26. The summed E-state index contributed by atoms with van der Waals surface area (Å²) in [5.41, 5.74) is 5.47. The second-order valence-electron chi connectivity index (χ2n) is 3.86. The average molecular weight is 251 g/mol. The Labute approximate surface area is 103 Å². The smallest absolute Gasteiger partial charge is 0.328 e. The maximum absolute atomic E-state index is 11.3. The lowest BCUT2D eigenvalue weighted by Gasteiger charge is -2.34. The van der Waals surface area contributed by atoms with Gasteiger partial charge in [-0.1, -0.05) is 0 Å². The predicted molar refractivity (Wildman–Crippen MR) is 62.3 cm³/mol. The van der Waals surface area contributed by atoms with Gasteiger partial charge in [0, 0.05) is 12.7 Å². The Morgan fingerprint density at radius 3 is 3.00 bits per heavy atom. The lowest BCUT2D eigenvalue weighted by molar-refractivity contribution is -0.141. The number of aliphatic carboxylic acids is 1. The fourth-order valence-corrected chi connectivity index (χ4v) is 1.88. The summed E-state index contributed by atoms with van der Waals surface area (Å²) in [5, 5.41) is 9.13. The molecule has 1 aliphatic rings. The van der Waals surface area contributed by atoms with Crippen molar-refractivity contribution in [3.63, 3.8) is 0 Å². The van der Waals surface area contributed by atoms with Crippen LogP contribution < -0.4 is 10.6 Å². The summed E-state index contributed by atoms with van der Waals surface area (Å²) in [7, 11) is 0. The molecule has 1 atom stereocenters. The monoisotopic (exact) mass is 251 g/mol. The molecule has 2 heterocycles. The summed E-state index contributed by atoms with van der Waals surface area (Å²) in [5.74, 6) is -1.36. The number of carboxylic acid groups (broad SMARTS) is 1. The maximum atomic E-state index is 11.3. The first-order chi connectivity index (χ1) is 8.61. The zero-order valence-corrected chi connectivity index (χ0v) is 9.57. The number of amides is 1. The summed E-state index contributed by atoms with van der Waals surface area (Å²) in [6.07, 6.45) is 1.50. The van der Waals surface area contributed by atoms with E-state index in [1.165, 1.54) is 17.2 Å². The van der Waals surface area contributed by atoms with E-state index in [-0.39, 0.29) is 12.2 Å². The van der Waals surface area contributed by atoms with Crippen LogP contribution in [0.3, 0.4) is 0 Å². The van der Waals surface area contributed by atoms with E-state index >= 15 is 0 Å². The molecule has 1 unspecified atom stereocenters. The van der Waals surface area contributed by atoms with E-state index in [4.69, 9.17) is 15.6 Å². The highest BCUT2D eigenvalue weighted by Crippen LogP contribution is 2.21. The number of nitrogens with two attached hydrogens (primary N) is 1. The molecule has 1 saturated heterocycles. The third kappa shape index (κ3) is 2.25. The third-order valence-corrected chi connectivity index (χ3v) is 2.74. The molecular weight excluding hydrogens is 238 g/mol. The van der Waals surface area contributed by atoms with E-state index in [1.807, 2.05) is 0 Å². The molecule has 0 spiro atoms. The van der Waals surface area contributed by atoms with Gasteiger partial charge in [-0.15, -0.1) is 0 Å². The molecule has 1 aliphatic heterocycles. The molecule has 1 amide bonds. The highest BCUT2D eigenvalue weighted by molar-refractivity contribution is 5.98. The number of pyridine rings is 1. The number of anilines is 1. The van der Waals surface area contributed by atoms with Crippen molar-refractivity contribution < 1.29 is 19.4 Å². The van der Waals surface area contributed by atoms with Crippen molar-refractivity contribution in [2.75, 3.05) is 24.7 Å². The van der Waals surface area contributed by atoms with Gasteiger partial charge >= 0.3 is 5.97 Å². The molecule has 7 nitrogen and oxygen atoms in total. The third-order valence-electron chi connectivity index (χ3n) is 2.74. The van der Waals surface area contributed by atoms with E-state index in [0.717, 1.165) is 0 Å². The lowest BCUT2D eigenvalue weighted by Crippen LogP contribution is -2.51. The second kappa shape index (κ2) is 5.01. The number of nitrogens with zero attached hydrogens (tertiary/aromatic N) is 2. The number of rotatable bonds is 3. The van der Waals surface area contributed by atoms with Gasteiger partial charge in [0.2, 0.25) is 0 Å². The zero-order valence-electron chi connectivity index (χ0n) is 9.57. The second-order valence-corrected chi connectivity index (χ2v) is 3.86. The fraction of sp³-hybridized carbons (Fsp3) is 0.364. The van der Waals surface area contributed by atoms with Gasteiger partial charge in [0.25, 0.3) is 5.91 Å². The largest absolute Gasteiger partial charge is 0.480 e. The average Bonchev–Trinajstić information content (AvgIpc) is 2.38. The molecule has 0 radical (unpaired) electrons. The summed E-state index contributed by atoms with van der Waals surface area (Å²) < 4.78 is 5.13. The van der Waals surface area contributed by atoms with Gasteiger partial charge in [-0.25, -0.2) is 9.78 Å². The summed E-state index contributed by atoms with van der Waals surface area (Å²) >= 11 is 0. The molecule has 2 rings (SSSR count). The number of morpholine rings is 1. The molecule has 96 valence electrons. The molecule has 1 aromatic rings. The number of primary amides is 1. The molecule has 0 saturated carbocycles. The Bertz CT molecular complexity index is 477. The molecule has 1 aromatic heterocycles. The van der Waals surface area contributed by atoms with E-state index < -0.39 is 17.9 Å². The molecule has 7 heteroatoms. The molecule has 1 fully saturated rings. The summed E-state index contributed by atoms with van der Waals surface area (Å²) in [4.78, 5) is 28.1. The summed E-state index contributed by atoms with van der Waals surface area (Å²) in [6.45, 7) is 0.803. The van der Waals surface area contributed by atoms with Crippen molar-refractivity contribution in [3.05, 3.63) is 23.9 Å². The van der Waals surface area contributed by atoms with Crippen LogP contribution in [0.5, 0.6) is 0 Å². The Morgan fingerprint density at radius 1 is 1.56 bits per heavy atom. The molecule has 0 bridgehead atoms. The van der Waals surface area contributed by atoms with Crippen LogP contribution in [0.1, 0.15) is 10.4 Å². The van der Waals surface area contributed by atoms with Crippen molar-refractivity contribution in [2.24, 2.45) is 5.73 Å². The van der Waals surface area contributed by atoms with Crippen molar-refractivity contribution in [2.45, 2.75) is 6.04 Å². The zero-order chi connectivity index (χ0) is 13.1. The first kappa shape index (κ1) is 12.3. The minimum absolute atomic E-state index is 0.0596. The highest BCUT2D eigenvalue weighted by Gasteiger charge is 2.32. The SMILES string of the molecule is NC(=O)c1cccnc1N1CCOCC1C(=O)O. The van der Waals surface area contributed by atoms with Gasteiger partial charge in [-0.3, -0.25) is 4.79 Å². The Balaban J connectivity index is 2.39. The number of carbonyl (C=O) groups excluding carboxylic acids is 1. The van der Waals surface area contributed by atoms with Gasteiger partial charge in [-0.05, 0) is 12.1 Å². The van der Waals surface area contributed by atoms with Crippen molar-refractivity contribution in [1.29, 1.82) is 0 Å². The van der Waals surface area contributed by atoms with E-state index in [1.54, 1.807) is 6.07 Å². The molecule has 18 heavy (non-hydrogen) atoms. The van der Waals surface area contributed by atoms with Crippen LogP contribution in [0, 0.1) is 0 Å². The number of carbonyl (C=O) groups is 2. The van der Waals surface area contributed by atoms with Crippen LogP contribution in [0.25, 0.3) is 0 Å². The molecule has 3 N–H and O–H groups in total. The van der Waals surface area contributed by atoms with Gasteiger partial charge < -0.3 is 20.5 Å². The van der Waals surface area contributed by atoms with E-state index in [0.29, 0.717) is 19.0 Å². The molecule has 0 aromatic carbocycles. The van der Waals surface area contributed by atoms with Crippen LogP contribution >= 0.6 is 0 Å². The van der Waals surface area contributed by atoms with Gasteiger partial charge in [0.15, 0.2) is 6.04 Å². The van der Waals surface area contributed by atoms with Gasteiger partial charge in [0.1, 0.15) is 5.82 Å². The van der Waals surface area contributed by atoms with Crippen LogP contribution in [0.2, 0.25) is 0 Å². The Morgan fingerprint density at radius 2 is 2.33 bits per heavy atom. The standard InChI is InChI=1S/C11H13N3O4/c12-9(15)7-2-1-3-13-10(7)14-4-5-18-6-8(14)11(16)17/h1-3,8H,4-6H2,(H2,12,15)(H,16,17). The molecule has 0 aliphatic carbocycles. The van der Waals surface area contributed by atoms with Crippen LogP contribution in [0.15, 0.2) is 18.3 Å². The first-order valence-corrected chi connectivity index (χ1v) is 5.43. The van der Waals surface area contributed by atoms with Crippen LogP contribution in [-0.2, 0) is 9.53 Å². The lowest BCUT2D eigenvalue weighted by atomic mass is 10.1. The number of carboxylic acids is 1. The van der Waals surface area contributed by atoms with Crippen LogP contribution in [-0.4, -0.2) is 47.8 Å². The minimum atomic E-state index is -1.02. The quantitative estimate of drug-likeness (QED) is 0.748. The highest BCUT2D eigenvalue weighted by atomic mass is 16.5. The van der Waals surface area contributed by atoms with Gasteiger partial charge in [-0.2, -0.15) is 0 Å². The molecular formula is C11H13N3O4. The van der Waals surface area contributed by atoms with Crippen molar-refractivity contribution in [3.8, 4) is 0 Å². The normalized spacial score (nSPS) is 19.6. The van der Waals surface area contributed by atoms with E-state index in [2.05, 4.69) is 4.98 Å². The van der Waals surface area contributed by atoms with Crippen LogP contribution in [0.4, 0.5) is 5.82 Å². The number of hydrogen-bond acceptors (Lipinski definition) is 5. The number of hydrogen-bond donors (Lipinski definition) is 2. The van der Waals surface area contributed by atoms with Crippen molar-refractivity contribution in [1.82, 2.24) is 4.98 Å². The van der Waals surface area contributed by atoms with Gasteiger partial charge in [0.05, 0.1) is 18.8 Å². The first-order valence-electron chi connectivity index (χ1n) is 5.43.